The van der Waals surface area contributed by atoms with Crippen LogP contribution in [-0.2, 0) is 9.53 Å². The second kappa shape index (κ2) is 10.3. The summed E-state index contributed by atoms with van der Waals surface area (Å²) in [6.45, 7) is 3.04. The molecule has 1 amide bonds. The maximum atomic E-state index is 11.8. The predicted octanol–water partition coefficient (Wildman–Crippen LogP) is 1.16. The van der Waals surface area contributed by atoms with Gasteiger partial charge in [0.25, 0.3) is 0 Å². The summed E-state index contributed by atoms with van der Waals surface area (Å²) < 4.78 is 5.00. The minimum Gasteiger partial charge on any atom is -0.383 e. The van der Waals surface area contributed by atoms with Gasteiger partial charge in [0.2, 0.25) is 5.91 Å². The van der Waals surface area contributed by atoms with Crippen LogP contribution in [0, 0.1) is 0 Å². The van der Waals surface area contributed by atoms with Crippen molar-refractivity contribution in [3.8, 4) is 0 Å². The number of likely N-dealkylation sites (N-methyl/N-ethyl adjacent to an activating group) is 1. The first-order valence-corrected chi connectivity index (χ1v) is 7.38. The summed E-state index contributed by atoms with van der Waals surface area (Å²) >= 11 is 0. The number of rotatable bonds is 10. The second-order valence-electron chi connectivity index (χ2n) is 5.20. The maximum Gasteiger partial charge on any atom is 0.220 e. The highest BCUT2D eigenvalue weighted by Crippen LogP contribution is 2.14. The van der Waals surface area contributed by atoms with Gasteiger partial charge in [-0.15, -0.1) is 0 Å². The zero-order chi connectivity index (χ0) is 15.5. The van der Waals surface area contributed by atoms with E-state index in [2.05, 4.69) is 10.2 Å². The second-order valence-corrected chi connectivity index (χ2v) is 5.20. The van der Waals surface area contributed by atoms with Gasteiger partial charge < -0.3 is 20.7 Å². The van der Waals surface area contributed by atoms with Crippen molar-refractivity contribution in [1.29, 1.82) is 0 Å². The number of carbonyl (C=O) groups is 1. The first-order chi connectivity index (χ1) is 10.1. The van der Waals surface area contributed by atoms with Crippen LogP contribution in [-0.4, -0.2) is 51.2 Å². The van der Waals surface area contributed by atoms with Crippen LogP contribution in [0.1, 0.15) is 24.4 Å². The average Bonchev–Trinajstić information content (AvgIpc) is 2.51. The van der Waals surface area contributed by atoms with Crippen LogP contribution in [0.3, 0.4) is 0 Å². The molecule has 0 aromatic heterocycles. The van der Waals surface area contributed by atoms with Gasteiger partial charge in [-0.2, -0.15) is 0 Å². The first-order valence-electron chi connectivity index (χ1n) is 7.38. The summed E-state index contributed by atoms with van der Waals surface area (Å²) in [6.07, 6.45) is 1.12. The number of nitrogens with two attached hydrogens (primary N) is 1. The summed E-state index contributed by atoms with van der Waals surface area (Å²) in [5.74, 6) is 0.0570. The Morgan fingerprint density at radius 3 is 2.71 bits per heavy atom. The van der Waals surface area contributed by atoms with Crippen molar-refractivity contribution in [3.63, 3.8) is 0 Å². The Morgan fingerprint density at radius 1 is 1.33 bits per heavy atom. The highest BCUT2D eigenvalue weighted by atomic mass is 16.5. The number of carbonyl (C=O) groups excluding carboxylic acids is 1. The molecule has 5 nitrogen and oxygen atoms in total. The molecule has 21 heavy (non-hydrogen) atoms. The molecule has 1 rings (SSSR count). The summed E-state index contributed by atoms with van der Waals surface area (Å²) in [5.41, 5.74) is 7.15. The van der Waals surface area contributed by atoms with E-state index in [1.807, 2.05) is 37.4 Å². The maximum absolute atomic E-state index is 11.8. The van der Waals surface area contributed by atoms with Gasteiger partial charge >= 0.3 is 0 Å². The lowest BCUT2D eigenvalue weighted by atomic mass is 10.0. The quantitative estimate of drug-likeness (QED) is 0.679. The number of amides is 1. The first kappa shape index (κ1) is 17.6. The van der Waals surface area contributed by atoms with Crippen LogP contribution in [0.25, 0.3) is 0 Å². The average molecular weight is 293 g/mol. The van der Waals surface area contributed by atoms with Crippen LogP contribution >= 0.6 is 0 Å². The zero-order valence-corrected chi connectivity index (χ0v) is 13.0. The molecule has 1 aromatic rings. The van der Waals surface area contributed by atoms with E-state index in [0.717, 1.165) is 18.7 Å². The number of ether oxygens (including phenoxy) is 1. The van der Waals surface area contributed by atoms with Crippen LogP contribution in [0.15, 0.2) is 30.3 Å². The molecule has 0 aliphatic heterocycles. The Hall–Kier alpha value is -1.43. The number of hydrogen-bond acceptors (Lipinski definition) is 4. The van der Waals surface area contributed by atoms with Crippen molar-refractivity contribution in [1.82, 2.24) is 10.2 Å². The van der Waals surface area contributed by atoms with Gasteiger partial charge in [0, 0.05) is 39.2 Å². The number of nitrogens with zero attached hydrogens (tertiary/aromatic N) is 1. The van der Waals surface area contributed by atoms with Gasteiger partial charge in [-0.3, -0.25) is 4.79 Å². The smallest absolute Gasteiger partial charge is 0.220 e. The molecular formula is C16H27N3O2. The van der Waals surface area contributed by atoms with E-state index in [1.54, 1.807) is 7.11 Å². The molecule has 1 unspecified atom stereocenters. The molecule has 0 saturated heterocycles. The number of methoxy groups -OCH3 is 1. The van der Waals surface area contributed by atoms with Gasteiger partial charge in [-0.25, -0.2) is 0 Å². The van der Waals surface area contributed by atoms with Crippen LogP contribution in [0.4, 0.5) is 0 Å². The Kier molecular flexibility index (Phi) is 8.66. The molecule has 0 aliphatic carbocycles. The van der Waals surface area contributed by atoms with Crippen molar-refractivity contribution in [3.05, 3.63) is 35.9 Å². The van der Waals surface area contributed by atoms with Crippen molar-refractivity contribution in [2.24, 2.45) is 5.73 Å². The Morgan fingerprint density at radius 2 is 2.05 bits per heavy atom. The Balaban J connectivity index is 2.14. The fourth-order valence-corrected chi connectivity index (χ4v) is 1.99. The molecular weight excluding hydrogens is 266 g/mol. The Labute approximate surface area is 127 Å². The van der Waals surface area contributed by atoms with E-state index < -0.39 is 0 Å². The normalized spacial score (nSPS) is 12.4. The Bertz CT molecular complexity index is 398. The molecule has 0 heterocycles. The van der Waals surface area contributed by atoms with Crippen LogP contribution in [0.2, 0.25) is 0 Å². The summed E-state index contributed by atoms with van der Waals surface area (Å²) in [4.78, 5) is 13.9. The van der Waals surface area contributed by atoms with E-state index in [0.29, 0.717) is 26.0 Å². The van der Waals surface area contributed by atoms with Gasteiger partial charge in [0.1, 0.15) is 0 Å². The lowest BCUT2D eigenvalue weighted by Gasteiger charge is -2.16. The molecule has 1 aromatic carbocycles. The van der Waals surface area contributed by atoms with Crippen molar-refractivity contribution < 1.29 is 9.53 Å². The molecule has 0 bridgehead atoms. The standard InChI is InChI=1S/C16H27N3O2/c1-19(12-13-21-2)11-10-18-16(20)9-8-15(17)14-6-4-3-5-7-14/h3-7,15H,8-13,17H2,1-2H3,(H,18,20). The van der Waals surface area contributed by atoms with E-state index in [-0.39, 0.29) is 11.9 Å². The summed E-state index contributed by atoms with van der Waals surface area (Å²) in [7, 11) is 3.70. The van der Waals surface area contributed by atoms with Crippen LogP contribution < -0.4 is 11.1 Å². The van der Waals surface area contributed by atoms with Crippen molar-refractivity contribution in [2.75, 3.05) is 40.4 Å². The van der Waals surface area contributed by atoms with Crippen molar-refractivity contribution >= 4 is 5.91 Å². The summed E-state index contributed by atoms with van der Waals surface area (Å²) in [6, 6.07) is 9.79. The van der Waals surface area contributed by atoms with Gasteiger partial charge in [0.05, 0.1) is 6.61 Å². The third-order valence-corrected chi connectivity index (χ3v) is 3.40. The van der Waals surface area contributed by atoms with E-state index >= 15 is 0 Å². The van der Waals surface area contributed by atoms with Gasteiger partial charge in [0.15, 0.2) is 0 Å². The topological polar surface area (TPSA) is 67.6 Å². The predicted molar refractivity (Wildman–Crippen MR) is 85.0 cm³/mol. The molecule has 5 heteroatoms. The highest BCUT2D eigenvalue weighted by molar-refractivity contribution is 5.75. The van der Waals surface area contributed by atoms with E-state index in [4.69, 9.17) is 10.5 Å². The molecule has 1 atom stereocenters. The third kappa shape index (κ3) is 7.80. The van der Waals surface area contributed by atoms with Crippen LogP contribution in [0.5, 0.6) is 0 Å². The molecule has 0 spiro atoms. The largest absolute Gasteiger partial charge is 0.383 e. The highest BCUT2D eigenvalue weighted by Gasteiger charge is 2.08. The van der Waals surface area contributed by atoms with E-state index in [1.165, 1.54) is 0 Å². The third-order valence-electron chi connectivity index (χ3n) is 3.40. The molecule has 0 saturated carbocycles. The molecule has 0 radical (unpaired) electrons. The van der Waals surface area contributed by atoms with Crippen molar-refractivity contribution in [2.45, 2.75) is 18.9 Å². The van der Waals surface area contributed by atoms with E-state index in [9.17, 15) is 4.79 Å². The summed E-state index contributed by atoms with van der Waals surface area (Å²) in [5, 5.41) is 2.92. The lowest BCUT2D eigenvalue weighted by Crippen LogP contribution is -2.34. The zero-order valence-electron chi connectivity index (χ0n) is 13.0. The fraction of sp³-hybridized carbons (Fsp3) is 0.562. The van der Waals surface area contributed by atoms with Gasteiger partial charge in [-0.05, 0) is 19.0 Å². The monoisotopic (exact) mass is 293 g/mol. The number of hydrogen-bond donors (Lipinski definition) is 2. The molecule has 0 fully saturated rings. The minimum atomic E-state index is -0.0821. The molecule has 118 valence electrons. The van der Waals surface area contributed by atoms with Gasteiger partial charge in [-0.1, -0.05) is 30.3 Å². The number of benzene rings is 1. The minimum absolute atomic E-state index is 0.0570. The molecule has 0 aliphatic rings. The molecule has 3 N–H and O–H groups in total. The SMILES string of the molecule is COCCN(C)CCNC(=O)CCC(N)c1ccccc1. The number of nitrogens with one attached hydrogen (secondary N) is 1. The fourth-order valence-electron chi connectivity index (χ4n) is 1.99. The lowest BCUT2D eigenvalue weighted by molar-refractivity contribution is -0.121.